The average molecular weight is 2040 g/mol. The highest BCUT2D eigenvalue weighted by Crippen LogP contribution is 2.55. The van der Waals surface area contributed by atoms with Gasteiger partial charge in [0, 0.05) is 216 Å². The number of nitrogens with zero attached hydrogens (tertiary/aromatic N) is 17. The quantitative estimate of drug-likeness (QED) is 0.0289. The van der Waals surface area contributed by atoms with E-state index < -0.39 is 47.0 Å². The maximum Gasteiger partial charge on any atom is 0.416 e. The van der Waals surface area contributed by atoms with Gasteiger partial charge in [-0.1, -0.05) is 122 Å². The second-order valence-corrected chi connectivity index (χ2v) is 43.9. The Balaban J connectivity index is 0.000000142. The number of alkyl halides is 12. The fourth-order valence-corrected chi connectivity index (χ4v) is 25.1. The number of hydrogen-bond acceptors (Lipinski definition) is 20. The first-order valence-electron chi connectivity index (χ1n) is 51.3. The molecule has 17 nitrogen and oxygen atoms in total. The van der Waals surface area contributed by atoms with Crippen LogP contribution in [0.15, 0.2) is 209 Å². The van der Waals surface area contributed by atoms with Crippen LogP contribution in [0.1, 0.15) is 100 Å². The van der Waals surface area contributed by atoms with E-state index in [1.54, 1.807) is 71.3 Å². The maximum atomic E-state index is 13.5. The Labute approximate surface area is 846 Å². The molecule has 0 spiro atoms. The lowest BCUT2D eigenvalue weighted by Gasteiger charge is -2.46. The molecule has 6 fully saturated rings. The lowest BCUT2D eigenvalue weighted by Crippen LogP contribution is -2.62. The Kier molecular flexibility index (Phi) is 39.2. The lowest BCUT2D eigenvalue weighted by molar-refractivity contribution is -0.931. The molecule has 10 heterocycles. The molecule has 10 aliphatic rings. The molecule has 770 valence electrons. The molecule has 0 aliphatic carbocycles. The van der Waals surface area contributed by atoms with Gasteiger partial charge in [-0.15, -0.1) is 0 Å². The van der Waals surface area contributed by atoms with Gasteiger partial charge < -0.3 is 63.3 Å². The van der Waals surface area contributed by atoms with Crippen LogP contribution in [0.4, 0.5) is 98.2 Å². The summed E-state index contributed by atoms with van der Waals surface area (Å²) in [5.41, 5.74) is 4.36. The summed E-state index contributed by atoms with van der Waals surface area (Å²) in [6.45, 7) is 47.3. The molecular weight excluding hydrogens is 1890 g/mol. The molecule has 33 heteroatoms. The molecule has 0 unspecified atom stereocenters. The second kappa shape index (κ2) is 51.1. The van der Waals surface area contributed by atoms with Crippen molar-refractivity contribution in [1.29, 1.82) is 0 Å². The molecule has 0 radical (unpaired) electrons. The summed E-state index contributed by atoms with van der Waals surface area (Å²) >= 11 is 6.21. The maximum absolute atomic E-state index is 13.5. The molecule has 10 aliphatic heterocycles. The lowest BCUT2D eigenvalue weighted by atomic mass is 10.1. The molecule has 0 aromatic heterocycles. The smallest absolute Gasteiger partial charge is 0.340 e. The zero-order chi connectivity index (χ0) is 99.3. The molecule has 8 aromatic carbocycles. The number of quaternary nitrogens is 1. The number of likely N-dealkylation sites (N-methyl/N-ethyl adjacent to an activating group) is 3. The Morgan fingerprint density at radius 1 is 0.248 bits per heavy atom. The van der Waals surface area contributed by atoms with E-state index >= 15 is 0 Å². The SMILES string of the molecule is CCN(CC)CCN1CCN(CCCN2c3ccccc3Sc3ccc(C(F)(F)F)cc32)CC1.CN(C)CC[N+]1(CCN(C)C)CCN(CCCN2c3ccccc3Sc3ccc(C(F)(F)F)cc32)CC1.FC(F)(F)c1ccc2c(c1)N(CCCN1CCN(CCN3CCCCC3)CC1)c1ccccc1S2.FC(F)(F)c1ccc2c(c1)N(CCCN1CCN(CCN3CCCCC3)CC1)c1ccccc1S2. The van der Waals surface area contributed by atoms with E-state index in [-0.39, 0.29) is 0 Å². The Morgan fingerprint density at radius 2 is 0.475 bits per heavy atom. The predicted octanol–water partition coefficient (Wildman–Crippen LogP) is 22.2. The van der Waals surface area contributed by atoms with E-state index in [2.05, 4.69) is 139 Å². The number of piperazine rings is 4. The molecule has 0 saturated carbocycles. The highest BCUT2D eigenvalue weighted by Gasteiger charge is 2.41. The van der Waals surface area contributed by atoms with Gasteiger partial charge in [-0.05, 0) is 260 Å². The van der Waals surface area contributed by atoms with Crippen molar-refractivity contribution in [3.63, 3.8) is 0 Å². The Morgan fingerprint density at radius 3 is 0.723 bits per heavy atom. The molecule has 6 saturated heterocycles. The van der Waals surface area contributed by atoms with Crippen molar-refractivity contribution in [3.8, 4) is 0 Å². The van der Waals surface area contributed by atoms with Gasteiger partial charge in [0.15, 0.2) is 0 Å². The van der Waals surface area contributed by atoms with Gasteiger partial charge >= 0.3 is 24.7 Å². The van der Waals surface area contributed by atoms with E-state index in [4.69, 9.17) is 0 Å². The van der Waals surface area contributed by atoms with Crippen LogP contribution in [-0.2, 0) is 24.7 Å². The topological polar surface area (TPSA) is 51.8 Å². The van der Waals surface area contributed by atoms with Crippen molar-refractivity contribution in [2.24, 2.45) is 0 Å². The number of anilines is 8. The normalized spacial score (nSPS) is 18.8. The molecule has 141 heavy (non-hydrogen) atoms. The monoisotopic (exact) mass is 2040 g/mol. The van der Waals surface area contributed by atoms with Gasteiger partial charge in [0.25, 0.3) is 0 Å². The van der Waals surface area contributed by atoms with Crippen LogP contribution in [0.3, 0.4) is 0 Å². The Hall–Kier alpha value is -7.00. The van der Waals surface area contributed by atoms with Crippen LogP contribution in [0, 0.1) is 0 Å². The van der Waals surface area contributed by atoms with Crippen LogP contribution in [0.2, 0.25) is 0 Å². The minimum atomic E-state index is -4.35. The van der Waals surface area contributed by atoms with E-state index in [9.17, 15) is 52.7 Å². The number of halogens is 12. The average Bonchev–Trinajstić information content (AvgIpc) is 0.783. The van der Waals surface area contributed by atoms with Crippen molar-refractivity contribution in [3.05, 3.63) is 192 Å². The van der Waals surface area contributed by atoms with Crippen LogP contribution >= 0.6 is 47.0 Å². The van der Waals surface area contributed by atoms with Crippen molar-refractivity contribution in [1.82, 2.24) is 58.8 Å². The first-order valence-corrected chi connectivity index (χ1v) is 54.6. The summed E-state index contributed by atoms with van der Waals surface area (Å²) in [6.07, 6.45) is -5.57. The van der Waals surface area contributed by atoms with Gasteiger partial charge in [0.2, 0.25) is 0 Å². The first kappa shape index (κ1) is 108. The van der Waals surface area contributed by atoms with Crippen molar-refractivity contribution in [2.75, 3.05) is 310 Å². The number of hydrogen-bond donors (Lipinski definition) is 0. The molecule has 0 N–H and O–H groups in total. The minimum Gasteiger partial charge on any atom is -0.340 e. The number of likely N-dealkylation sites (tertiary alicyclic amines) is 2. The van der Waals surface area contributed by atoms with E-state index in [0.29, 0.717) is 48.9 Å². The van der Waals surface area contributed by atoms with Crippen LogP contribution in [0.5, 0.6) is 0 Å². The van der Waals surface area contributed by atoms with E-state index in [1.165, 1.54) is 139 Å². The highest BCUT2D eigenvalue weighted by molar-refractivity contribution is 8.00. The van der Waals surface area contributed by atoms with Crippen molar-refractivity contribution < 1.29 is 57.2 Å². The van der Waals surface area contributed by atoms with Crippen molar-refractivity contribution >= 4 is 92.5 Å². The van der Waals surface area contributed by atoms with Gasteiger partial charge in [-0.25, -0.2) is 0 Å². The third kappa shape index (κ3) is 30.4. The zero-order valence-electron chi connectivity index (χ0n) is 83.3. The largest absolute Gasteiger partial charge is 0.416 e. The number of para-hydroxylation sites is 4. The van der Waals surface area contributed by atoms with Gasteiger partial charge in [-0.2, -0.15) is 52.7 Å². The summed E-state index contributed by atoms with van der Waals surface area (Å²) in [4.78, 5) is 46.3. The molecule has 0 atom stereocenters. The van der Waals surface area contributed by atoms with Crippen molar-refractivity contribution in [2.45, 2.75) is 142 Å². The Bertz CT molecular complexity index is 5040. The molecule has 18 rings (SSSR count). The fraction of sp³-hybridized carbons (Fsp3) is 0.556. The third-order valence-corrected chi connectivity index (χ3v) is 34.0. The molecule has 8 aromatic rings. The summed E-state index contributed by atoms with van der Waals surface area (Å²) in [5, 5.41) is 0. The van der Waals surface area contributed by atoms with Crippen LogP contribution in [0.25, 0.3) is 0 Å². The zero-order valence-corrected chi connectivity index (χ0v) is 86.6. The third-order valence-electron chi connectivity index (χ3n) is 29.4. The fourth-order valence-electron chi connectivity index (χ4n) is 20.8. The number of rotatable bonds is 33. The van der Waals surface area contributed by atoms with E-state index in [0.717, 1.165) is 275 Å². The summed E-state index contributed by atoms with van der Waals surface area (Å²) < 4.78 is 162. The first-order chi connectivity index (χ1) is 67.9. The minimum absolute atomic E-state index is 0.582. The number of benzene rings is 8. The van der Waals surface area contributed by atoms with Gasteiger partial charge in [-0.3, -0.25) is 19.6 Å². The molecule has 0 amide bonds. The van der Waals surface area contributed by atoms with Gasteiger partial charge in [0.05, 0.1) is 93.9 Å². The van der Waals surface area contributed by atoms with Crippen LogP contribution < -0.4 is 19.6 Å². The summed E-state index contributed by atoms with van der Waals surface area (Å²) in [7, 11) is 8.58. The summed E-state index contributed by atoms with van der Waals surface area (Å²) in [5.74, 6) is 0. The molecular formula is C108H146F12N17S4+. The van der Waals surface area contributed by atoms with Gasteiger partial charge in [0.1, 0.15) is 0 Å². The summed E-state index contributed by atoms with van der Waals surface area (Å²) in [6, 6.07) is 48.6. The number of fused-ring (bicyclic) bond motifs is 8. The molecule has 0 bridgehead atoms. The standard InChI is InChI=1S/C28H41F3N5S.2C27H35F3N4S.C26H35F3N4S/c1-32(2)14-18-36(19-15-33(3)4)20-16-34(17-21-36)12-7-13-35-24-8-5-6-9-26(24)37-27-11-10-23(22-25(27)35)28(29,30)31;2*28-27(29,30)22-9-10-26-24(21-22)34(23-7-2-3-8-25(23)35-26)14-6-13-32-16-19-33(20-17-32)18-15-31-11-4-1-5-12-31;1-3-30(4-2)14-15-32-18-16-31(17-19-32)12-7-13-33-22-8-5-6-9-24(22)34-25-11-10-21(20-23(25)33)26(27,28)29/h5-6,8-11,22H,7,12-21H2,1-4H3;2*2-3,7-10,21H,1,4-6,11-20H2;5-6,8-11,20H,3-4,7,12-19H2,1-2H3/q+1;;;. The number of piperidine rings is 2. The van der Waals surface area contributed by atoms with E-state index in [1.807, 2.05) is 78.9 Å². The predicted molar refractivity (Wildman–Crippen MR) is 555 cm³/mol. The van der Waals surface area contributed by atoms with Crippen LogP contribution in [-0.4, -0.2) is 353 Å². The second-order valence-electron chi connectivity index (χ2n) is 39.6. The highest BCUT2D eigenvalue weighted by atomic mass is 32.2.